The molecule has 1 aliphatic heterocycles. The highest BCUT2D eigenvalue weighted by atomic mass is 16.5. The summed E-state index contributed by atoms with van der Waals surface area (Å²) in [6.07, 6.45) is 0.327. The third-order valence-electron chi connectivity index (χ3n) is 7.31. The second-order valence-corrected chi connectivity index (χ2v) is 10.5. The number of hydrogen-bond acceptors (Lipinski definition) is 4. The van der Waals surface area contributed by atoms with E-state index in [1.807, 2.05) is 45.0 Å². The van der Waals surface area contributed by atoms with Gasteiger partial charge in [-0.1, -0.05) is 55.5 Å². The Morgan fingerprint density at radius 3 is 2.23 bits per heavy atom. The fraction of sp³-hybridized carbons (Fsp3) is 0.464. The Bertz CT molecular complexity index is 1070. The number of carbonyl (C=O) groups is 3. The third-order valence-corrected chi connectivity index (χ3v) is 7.31. The maximum atomic E-state index is 12.7. The summed E-state index contributed by atoms with van der Waals surface area (Å²) < 4.78 is 5.65. The molecule has 2 amide bonds. The van der Waals surface area contributed by atoms with Crippen LogP contribution in [0.5, 0.6) is 0 Å². The van der Waals surface area contributed by atoms with Gasteiger partial charge in [0, 0.05) is 31.0 Å². The molecule has 1 heterocycles. The summed E-state index contributed by atoms with van der Waals surface area (Å²) in [6, 6.07) is 16.4. The van der Waals surface area contributed by atoms with Crippen molar-refractivity contribution in [3.05, 3.63) is 59.7 Å². The molecule has 0 spiro atoms. The van der Waals surface area contributed by atoms with Crippen molar-refractivity contribution in [2.24, 2.45) is 11.8 Å². The van der Waals surface area contributed by atoms with Crippen LogP contribution in [0.4, 0.5) is 4.79 Å². The van der Waals surface area contributed by atoms with Gasteiger partial charge in [0.15, 0.2) is 0 Å². The molecule has 186 valence electrons. The lowest BCUT2D eigenvalue weighted by Crippen LogP contribution is -2.45. The third kappa shape index (κ3) is 5.66. The number of likely N-dealkylation sites (tertiary alicyclic amines) is 1. The second kappa shape index (κ2) is 10.1. The van der Waals surface area contributed by atoms with Crippen molar-refractivity contribution in [1.82, 2.24) is 10.2 Å². The Labute approximate surface area is 206 Å². The quantitative estimate of drug-likeness (QED) is 0.576. The molecule has 2 N–H and O–H groups in total. The number of benzene rings is 2. The zero-order chi connectivity index (χ0) is 25.2. The standard InChI is InChI=1S/C28H34N2O5/c1-18-15-30(16-19(18)14-26(32)33)25(31)12-13-28(2,3)29-27(34)35-17-24-22-10-6-4-8-20(22)21-9-5-7-11-23(21)24/h4-11,18-19,24H,12-17H2,1-3H3,(H,29,34)(H,32,33)/t18-,19-/m1/s1. The zero-order valence-electron chi connectivity index (χ0n) is 20.6. The first kappa shape index (κ1) is 24.8. The normalized spacial score (nSPS) is 19.2. The molecule has 0 bridgehead atoms. The van der Waals surface area contributed by atoms with Crippen molar-refractivity contribution >= 4 is 18.0 Å². The topological polar surface area (TPSA) is 95.9 Å². The minimum absolute atomic E-state index is 0.00579. The van der Waals surface area contributed by atoms with Crippen LogP contribution in [0.15, 0.2) is 48.5 Å². The Morgan fingerprint density at radius 1 is 1.03 bits per heavy atom. The maximum absolute atomic E-state index is 12.7. The van der Waals surface area contributed by atoms with E-state index >= 15 is 0 Å². The van der Waals surface area contributed by atoms with E-state index in [-0.39, 0.29) is 43.1 Å². The molecule has 1 aliphatic carbocycles. The highest BCUT2D eigenvalue weighted by molar-refractivity contribution is 5.79. The number of ether oxygens (including phenoxy) is 1. The van der Waals surface area contributed by atoms with E-state index in [1.165, 1.54) is 11.1 Å². The lowest BCUT2D eigenvalue weighted by atomic mass is 9.95. The summed E-state index contributed by atoms with van der Waals surface area (Å²) in [4.78, 5) is 38.2. The van der Waals surface area contributed by atoms with E-state index in [2.05, 4.69) is 29.6 Å². The molecule has 7 heteroatoms. The van der Waals surface area contributed by atoms with Crippen LogP contribution in [0, 0.1) is 11.8 Å². The van der Waals surface area contributed by atoms with Gasteiger partial charge in [0.25, 0.3) is 0 Å². The first-order valence-corrected chi connectivity index (χ1v) is 12.3. The Balaban J connectivity index is 1.28. The highest BCUT2D eigenvalue weighted by Gasteiger charge is 2.34. The largest absolute Gasteiger partial charge is 0.481 e. The predicted octanol–water partition coefficient (Wildman–Crippen LogP) is 4.65. The van der Waals surface area contributed by atoms with Crippen LogP contribution in [0.2, 0.25) is 0 Å². The monoisotopic (exact) mass is 478 g/mol. The SMILES string of the molecule is C[C@@H]1CN(C(=O)CCC(C)(C)NC(=O)OCC2c3ccccc3-c3ccccc32)C[C@H]1CC(=O)O. The minimum Gasteiger partial charge on any atom is -0.481 e. The van der Waals surface area contributed by atoms with Crippen molar-refractivity contribution in [2.45, 2.75) is 51.5 Å². The van der Waals surface area contributed by atoms with Gasteiger partial charge in [-0.3, -0.25) is 9.59 Å². The van der Waals surface area contributed by atoms with Gasteiger partial charge < -0.3 is 20.1 Å². The van der Waals surface area contributed by atoms with Gasteiger partial charge in [-0.15, -0.1) is 0 Å². The molecule has 7 nitrogen and oxygen atoms in total. The van der Waals surface area contributed by atoms with Crippen molar-refractivity contribution < 1.29 is 24.2 Å². The van der Waals surface area contributed by atoms with Gasteiger partial charge in [-0.25, -0.2) is 4.79 Å². The van der Waals surface area contributed by atoms with Crippen LogP contribution in [0.3, 0.4) is 0 Å². The molecular weight excluding hydrogens is 444 g/mol. The van der Waals surface area contributed by atoms with Crippen LogP contribution in [0.1, 0.15) is 57.1 Å². The minimum atomic E-state index is -0.829. The van der Waals surface area contributed by atoms with Crippen LogP contribution in [0.25, 0.3) is 11.1 Å². The Morgan fingerprint density at radius 2 is 1.63 bits per heavy atom. The fourth-order valence-electron chi connectivity index (χ4n) is 5.28. The summed E-state index contributed by atoms with van der Waals surface area (Å²) >= 11 is 0. The number of amides is 2. The summed E-state index contributed by atoms with van der Waals surface area (Å²) in [5, 5.41) is 12.0. The first-order valence-electron chi connectivity index (χ1n) is 12.3. The Kier molecular flexibility index (Phi) is 7.15. The number of carboxylic acid groups (broad SMARTS) is 1. The van der Waals surface area contributed by atoms with Crippen molar-refractivity contribution in [3.8, 4) is 11.1 Å². The smallest absolute Gasteiger partial charge is 0.407 e. The Hall–Kier alpha value is -3.35. The fourth-order valence-corrected chi connectivity index (χ4v) is 5.28. The summed E-state index contributed by atoms with van der Waals surface area (Å²) in [5.41, 5.74) is 4.06. The summed E-state index contributed by atoms with van der Waals surface area (Å²) in [7, 11) is 0. The van der Waals surface area contributed by atoms with Crippen molar-refractivity contribution in [1.29, 1.82) is 0 Å². The molecule has 2 atom stereocenters. The number of nitrogens with one attached hydrogen (secondary N) is 1. The van der Waals surface area contributed by atoms with Crippen LogP contribution < -0.4 is 5.32 Å². The molecule has 0 aromatic heterocycles. The molecule has 4 rings (SSSR count). The van der Waals surface area contributed by atoms with Gasteiger partial charge in [0.05, 0.1) is 6.42 Å². The number of carbonyl (C=O) groups excluding carboxylic acids is 2. The zero-order valence-corrected chi connectivity index (χ0v) is 20.6. The lowest BCUT2D eigenvalue weighted by Gasteiger charge is -2.27. The number of nitrogens with zero attached hydrogens (tertiary/aromatic N) is 1. The van der Waals surface area contributed by atoms with E-state index in [0.717, 1.165) is 11.1 Å². The predicted molar refractivity (Wildman–Crippen MR) is 133 cm³/mol. The van der Waals surface area contributed by atoms with Crippen LogP contribution in [-0.4, -0.2) is 53.2 Å². The van der Waals surface area contributed by atoms with Gasteiger partial charge >= 0.3 is 12.1 Å². The summed E-state index contributed by atoms with van der Waals surface area (Å²) in [5.74, 6) is -0.684. The molecule has 1 saturated heterocycles. The molecule has 1 fully saturated rings. The number of alkyl carbamates (subject to hydrolysis) is 1. The van der Waals surface area contributed by atoms with E-state index in [0.29, 0.717) is 19.5 Å². The molecule has 0 unspecified atom stereocenters. The van der Waals surface area contributed by atoms with E-state index in [9.17, 15) is 14.4 Å². The molecule has 35 heavy (non-hydrogen) atoms. The number of hydrogen-bond donors (Lipinski definition) is 2. The first-order chi connectivity index (χ1) is 16.6. The van der Waals surface area contributed by atoms with E-state index < -0.39 is 17.6 Å². The highest BCUT2D eigenvalue weighted by Crippen LogP contribution is 2.44. The number of fused-ring (bicyclic) bond motifs is 3. The number of rotatable bonds is 8. The summed E-state index contributed by atoms with van der Waals surface area (Å²) in [6.45, 7) is 7.04. The van der Waals surface area contributed by atoms with Crippen LogP contribution >= 0.6 is 0 Å². The number of carboxylic acids is 1. The van der Waals surface area contributed by atoms with E-state index in [4.69, 9.17) is 9.84 Å². The number of aliphatic carboxylic acids is 1. The molecule has 0 radical (unpaired) electrons. The van der Waals surface area contributed by atoms with Gasteiger partial charge in [-0.05, 0) is 54.4 Å². The van der Waals surface area contributed by atoms with Gasteiger partial charge in [-0.2, -0.15) is 0 Å². The van der Waals surface area contributed by atoms with Crippen molar-refractivity contribution in [3.63, 3.8) is 0 Å². The molecule has 2 aromatic rings. The van der Waals surface area contributed by atoms with Gasteiger partial charge in [0.1, 0.15) is 6.61 Å². The second-order valence-electron chi connectivity index (χ2n) is 10.5. The van der Waals surface area contributed by atoms with Crippen molar-refractivity contribution in [2.75, 3.05) is 19.7 Å². The average Bonchev–Trinajstić information content (AvgIpc) is 3.33. The molecular formula is C28H34N2O5. The molecule has 2 aromatic carbocycles. The average molecular weight is 479 g/mol. The van der Waals surface area contributed by atoms with Gasteiger partial charge in [0.2, 0.25) is 5.91 Å². The molecule has 0 saturated carbocycles. The maximum Gasteiger partial charge on any atom is 0.407 e. The van der Waals surface area contributed by atoms with Crippen LogP contribution in [-0.2, 0) is 14.3 Å². The van der Waals surface area contributed by atoms with E-state index in [1.54, 1.807) is 4.90 Å². The molecule has 2 aliphatic rings. The lowest BCUT2D eigenvalue weighted by molar-refractivity contribution is -0.138.